The summed E-state index contributed by atoms with van der Waals surface area (Å²) in [7, 11) is 3.57. The van der Waals surface area contributed by atoms with Crippen molar-refractivity contribution in [1.82, 2.24) is 10.6 Å². The molecule has 0 aliphatic carbocycles. The van der Waals surface area contributed by atoms with E-state index >= 15 is 0 Å². The summed E-state index contributed by atoms with van der Waals surface area (Å²) in [6.07, 6.45) is 3.07. The van der Waals surface area contributed by atoms with E-state index in [-0.39, 0.29) is 23.8 Å². The van der Waals surface area contributed by atoms with Crippen LogP contribution in [0.2, 0.25) is 5.02 Å². The molecule has 8 heteroatoms. The van der Waals surface area contributed by atoms with E-state index in [1.54, 1.807) is 43.5 Å². The molecule has 0 saturated heterocycles. The van der Waals surface area contributed by atoms with Gasteiger partial charge in [-0.3, -0.25) is 15.4 Å². The van der Waals surface area contributed by atoms with Crippen LogP contribution in [-0.4, -0.2) is 43.0 Å². The van der Waals surface area contributed by atoms with Gasteiger partial charge in [0.1, 0.15) is 24.8 Å². The third-order valence-corrected chi connectivity index (χ3v) is 7.02. The van der Waals surface area contributed by atoms with Gasteiger partial charge in [0.25, 0.3) is 5.91 Å². The summed E-state index contributed by atoms with van der Waals surface area (Å²) < 4.78 is 21.1. The number of rotatable bonds is 11. The Bertz CT molecular complexity index is 1350. The van der Waals surface area contributed by atoms with E-state index in [1.807, 2.05) is 49.0 Å². The second-order valence-electron chi connectivity index (χ2n) is 9.41. The van der Waals surface area contributed by atoms with Crippen molar-refractivity contribution in [1.29, 1.82) is 0 Å². The lowest BCUT2D eigenvalue weighted by Crippen LogP contribution is -2.50. The second-order valence-corrected chi connectivity index (χ2v) is 9.85. The smallest absolute Gasteiger partial charge is 0.257 e. The topological polar surface area (TPSA) is 65.7 Å². The number of methoxy groups -OCH3 is 1. The first-order valence-corrected chi connectivity index (χ1v) is 13.6. The van der Waals surface area contributed by atoms with Crippen molar-refractivity contribution >= 4 is 29.7 Å². The largest absolute Gasteiger partial charge is 0.497 e. The number of hydrogen-bond donors (Lipinski definition) is 2. The Labute approximate surface area is 241 Å². The number of nitrogens with zero attached hydrogens (tertiary/aromatic N) is 2. The first kappa shape index (κ1) is 30.6. The molecule has 0 aromatic heterocycles. The first-order valence-electron chi connectivity index (χ1n) is 13.2. The molecule has 0 radical (unpaired) electrons. The van der Waals surface area contributed by atoms with Gasteiger partial charge >= 0.3 is 0 Å². The highest BCUT2D eigenvalue weighted by molar-refractivity contribution is 6.30. The molecule has 2 unspecified atom stereocenters. The van der Waals surface area contributed by atoms with Crippen LogP contribution >= 0.6 is 11.6 Å². The zero-order valence-corrected chi connectivity index (χ0v) is 24.2. The van der Waals surface area contributed by atoms with Crippen LogP contribution in [0.25, 0.3) is 0 Å². The van der Waals surface area contributed by atoms with E-state index < -0.39 is 0 Å². The number of carbonyl (C=O) groups is 1. The van der Waals surface area contributed by atoms with Crippen molar-refractivity contribution < 1.29 is 18.5 Å². The molecule has 0 aliphatic heterocycles. The maximum absolute atomic E-state index is 13.7. The number of amides is 1. The highest BCUT2D eigenvalue weighted by Crippen LogP contribution is 2.30. The Morgan fingerprint density at radius 1 is 1.15 bits per heavy atom. The molecule has 2 atom stereocenters. The van der Waals surface area contributed by atoms with Gasteiger partial charge in [-0.15, -0.1) is 0 Å². The van der Waals surface area contributed by atoms with E-state index in [9.17, 15) is 9.18 Å². The molecule has 1 amide bonds. The monoisotopic (exact) mass is 563 g/mol. The van der Waals surface area contributed by atoms with Crippen molar-refractivity contribution in [2.75, 3.05) is 14.2 Å². The molecule has 3 rings (SSSR count). The van der Waals surface area contributed by atoms with Crippen molar-refractivity contribution in [2.24, 2.45) is 4.99 Å². The summed E-state index contributed by atoms with van der Waals surface area (Å²) in [6.45, 7) is 8.62. The van der Waals surface area contributed by atoms with Crippen LogP contribution in [0.1, 0.15) is 54.1 Å². The van der Waals surface area contributed by atoms with Gasteiger partial charge in [-0.1, -0.05) is 54.9 Å². The van der Waals surface area contributed by atoms with E-state index in [2.05, 4.69) is 24.1 Å². The number of aliphatic imine (C=N–C) groups is 1. The molecular formula is C32H37ClFN4O2+. The average Bonchev–Trinajstić information content (AvgIpc) is 2.98. The minimum absolute atomic E-state index is 0.0444. The van der Waals surface area contributed by atoms with Crippen LogP contribution in [0.15, 0.2) is 89.9 Å². The molecule has 6 nitrogen and oxygen atoms in total. The molecule has 0 bridgehead atoms. The normalized spacial score (nSPS) is 13.3. The average molecular weight is 564 g/mol. The number of benzene rings is 3. The minimum Gasteiger partial charge on any atom is -0.497 e. The molecule has 40 heavy (non-hydrogen) atoms. The summed E-state index contributed by atoms with van der Waals surface area (Å²) in [5.41, 5.74) is 3.39. The van der Waals surface area contributed by atoms with Gasteiger partial charge in [0, 0.05) is 29.8 Å². The summed E-state index contributed by atoms with van der Waals surface area (Å²) >= 11 is 6.01. The predicted molar refractivity (Wildman–Crippen MR) is 161 cm³/mol. The van der Waals surface area contributed by atoms with Crippen LogP contribution < -0.4 is 15.4 Å². The molecule has 3 aromatic carbocycles. The van der Waals surface area contributed by atoms with E-state index in [0.717, 1.165) is 28.9 Å². The van der Waals surface area contributed by atoms with Gasteiger partial charge in [-0.05, 0) is 66.1 Å². The number of halogens is 2. The van der Waals surface area contributed by atoms with E-state index in [1.165, 1.54) is 12.1 Å². The Kier molecular flexibility index (Phi) is 11.5. The van der Waals surface area contributed by atoms with Crippen molar-refractivity contribution in [2.45, 2.75) is 45.3 Å². The van der Waals surface area contributed by atoms with Crippen LogP contribution in [0.5, 0.6) is 5.75 Å². The third kappa shape index (κ3) is 8.78. The first-order chi connectivity index (χ1) is 19.2. The number of ether oxygens (including phenoxy) is 1. The molecule has 0 heterocycles. The lowest BCUT2D eigenvalue weighted by molar-refractivity contribution is -0.539. The molecule has 3 aromatic rings. The van der Waals surface area contributed by atoms with Crippen LogP contribution in [0, 0.1) is 5.82 Å². The van der Waals surface area contributed by atoms with Crippen molar-refractivity contribution in [3.8, 4) is 5.75 Å². The van der Waals surface area contributed by atoms with E-state index in [0.29, 0.717) is 29.5 Å². The van der Waals surface area contributed by atoms with Gasteiger partial charge in [-0.25, -0.2) is 14.0 Å². The molecule has 0 saturated carbocycles. The summed E-state index contributed by atoms with van der Waals surface area (Å²) in [5.74, 6) is 0.406. The number of guanidine groups is 1. The molecule has 0 aliphatic rings. The number of allylic oxidation sites excluding steroid dienone is 1. The third-order valence-electron chi connectivity index (χ3n) is 6.77. The predicted octanol–water partition coefficient (Wildman–Crippen LogP) is 6.56. The highest BCUT2D eigenvalue weighted by Gasteiger charge is 2.27. The molecular weight excluding hydrogens is 527 g/mol. The number of hydrogen-bond acceptors (Lipinski definition) is 3. The maximum Gasteiger partial charge on any atom is 0.257 e. The van der Waals surface area contributed by atoms with Crippen molar-refractivity contribution in [3.63, 3.8) is 0 Å². The summed E-state index contributed by atoms with van der Waals surface area (Å²) in [6, 6.07) is 20.8. The second kappa shape index (κ2) is 15.0. The standard InChI is InChI=1S/C32H36ClFN4O2/c1-6-22(3)29(24-13-17-27(34)18-14-24)20-30(38(4)7-2)36-32(35-21-23-9-8-10-28(19-23)40-5)37-31(39)25-11-15-26(33)16-12-25/h7-19,29-30H,3,6,20-21H2,1-2,4-5H3,(H-,35,36,37,39)/p+1. The maximum atomic E-state index is 13.7. The molecule has 2 N–H and O–H groups in total. The van der Waals surface area contributed by atoms with Gasteiger partial charge in [0.2, 0.25) is 12.1 Å². The van der Waals surface area contributed by atoms with Gasteiger partial charge in [0.05, 0.1) is 13.7 Å². The Hall–Kier alpha value is -3.97. The highest BCUT2D eigenvalue weighted by atomic mass is 35.5. The van der Waals surface area contributed by atoms with Gasteiger partial charge < -0.3 is 4.74 Å². The molecule has 0 spiro atoms. The fourth-order valence-electron chi connectivity index (χ4n) is 4.21. The van der Waals surface area contributed by atoms with E-state index in [4.69, 9.17) is 21.3 Å². The zero-order valence-electron chi connectivity index (χ0n) is 23.5. The zero-order chi connectivity index (χ0) is 29.1. The summed E-state index contributed by atoms with van der Waals surface area (Å²) in [4.78, 5) is 17.9. The van der Waals surface area contributed by atoms with Crippen LogP contribution in [-0.2, 0) is 6.54 Å². The number of carbonyl (C=O) groups excluding carboxylic acids is 1. The van der Waals surface area contributed by atoms with Crippen molar-refractivity contribution in [3.05, 3.63) is 112 Å². The fourth-order valence-corrected chi connectivity index (χ4v) is 4.34. The lowest BCUT2D eigenvalue weighted by atomic mass is 9.86. The minimum atomic E-state index is -0.316. The summed E-state index contributed by atoms with van der Waals surface area (Å²) in [5, 5.41) is 6.93. The quantitative estimate of drug-likeness (QED) is 0.0912. The Morgan fingerprint density at radius 2 is 1.85 bits per heavy atom. The lowest BCUT2D eigenvalue weighted by Gasteiger charge is -2.25. The van der Waals surface area contributed by atoms with Crippen LogP contribution in [0.4, 0.5) is 4.39 Å². The molecule has 0 fully saturated rings. The Balaban J connectivity index is 1.94. The SMILES string of the molecule is C=C(CC)C(CC(NC(=NCc1cccc(OC)c1)NC(=O)c1ccc(Cl)cc1)[N+](C)=CC)c1ccc(F)cc1. The van der Waals surface area contributed by atoms with Gasteiger partial charge in [0.15, 0.2) is 0 Å². The van der Waals surface area contributed by atoms with Gasteiger partial charge in [-0.2, -0.15) is 0 Å². The number of nitrogens with one attached hydrogen (secondary N) is 2. The Morgan fingerprint density at radius 3 is 2.48 bits per heavy atom. The fraction of sp³-hybridized carbons (Fsp3) is 0.281. The van der Waals surface area contributed by atoms with Crippen LogP contribution in [0.3, 0.4) is 0 Å². The molecule has 210 valence electrons.